The molecule has 9 nitrogen and oxygen atoms in total. The number of carbonyl (C=O) groups is 2. The molecule has 0 fully saturated rings. The number of nitrogens with one attached hydrogen (secondary N) is 1. The molecule has 3 heterocycles. The fourth-order valence-electron chi connectivity index (χ4n) is 2.78. The summed E-state index contributed by atoms with van der Waals surface area (Å²) in [6, 6.07) is 0. The molecular formula is C19H25N7O2S. The Labute approximate surface area is 173 Å². The van der Waals surface area contributed by atoms with E-state index >= 15 is 0 Å². The van der Waals surface area contributed by atoms with Gasteiger partial charge in [-0.3, -0.25) is 23.9 Å². The van der Waals surface area contributed by atoms with Crippen molar-refractivity contribution in [3.05, 3.63) is 35.5 Å². The van der Waals surface area contributed by atoms with Crippen molar-refractivity contribution in [1.82, 2.24) is 24.9 Å². The van der Waals surface area contributed by atoms with Crippen LogP contribution < -0.4 is 10.2 Å². The number of amides is 2. The van der Waals surface area contributed by atoms with Crippen LogP contribution in [-0.2, 0) is 23.7 Å². The highest BCUT2D eigenvalue weighted by Crippen LogP contribution is 2.30. The Morgan fingerprint density at radius 2 is 2.03 bits per heavy atom. The highest BCUT2D eigenvalue weighted by Gasteiger charge is 2.34. The van der Waals surface area contributed by atoms with Crippen molar-refractivity contribution in [2.24, 2.45) is 25.0 Å². The van der Waals surface area contributed by atoms with Crippen LogP contribution >= 0.6 is 11.8 Å². The van der Waals surface area contributed by atoms with Gasteiger partial charge in [-0.15, -0.1) is 0 Å². The Balaban J connectivity index is 1.86. The summed E-state index contributed by atoms with van der Waals surface area (Å²) in [4.78, 5) is 31.3. The summed E-state index contributed by atoms with van der Waals surface area (Å²) in [6.07, 6.45) is 6.94. The second kappa shape index (κ2) is 8.64. The fraction of sp³-hybridized carbons (Fsp3) is 0.421. The van der Waals surface area contributed by atoms with E-state index < -0.39 is 0 Å². The lowest BCUT2D eigenvalue weighted by molar-refractivity contribution is -0.118. The lowest BCUT2D eigenvalue weighted by Gasteiger charge is -2.16. The predicted molar refractivity (Wildman–Crippen MR) is 114 cm³/mol. The molecule has 2 aromatic rings. The molecule has 0 radical (unpaired) electrons. The number of aliphatic imine (C=N–C) groups is 1. The number of amidine groups is 1. The minimum Gasteiger partial charge on any atom is -0.355 e. The van der Waals surface area contributed by atoms with Crippen LogP contribution in [0.25, 0.3) is 6.08 Å². The van der Waals surface area contributed by atoms with Crippen molar-refractivity contribution < 1.29 is 9.59 Å². The van der Waals surface area contributed by atoms with Gasteiger partial charge in [-0.25, -0.2) is 4.99 Å². The third kappa shape index (κ3) is 4.94. The smallest absolute Gasteiger partial charge is 0.283 e. The molecule has 2 amide bonds. The van der Waals surface area contributed by atoms with E-state index in [1.54, 1.807) is 41.1 Å². The van der Waals surface area contributed by atoms with Crippen molar-refractivity contribution in [2.45, 2.75) is 20.8 Å². The molecule has 0 atom stereocenters. The van der Waals surface area contributed by atoms with Crippen molar-refractivity contribution >= 4 is 40.5 Å². The second-order valence-corrected chi connectivity index (χ2v) is 8.21. The van der Waals surface area contributed by atoms with Crippen LogP contribution in [0.1, 0.15) is 25.1 Å². The normalized spacial score (nSPS) is 15.5. The van der Waals surface area contributed by atoms with E-state index in [1.807, 2.05) is 27.8 Å². The predicted octanol–water partition coefficient (Wildman–Crippen LogP) is 1.71. The molecule has 0 bridgehead atoms. The number of aryl methyl sites for hydroxylation is 3. The number of carbonyl (C=O) groups excluding carboxylic acids is 2. The number of thioether (sulfide) groups is 1. The zero-order chi connectivity index (χ0) is 21.1. The average Bonchev–Trinajstić information content (AvgIpc) is 3.29. The van der Waals surface area contributed by atoms with Gasteiger partial charge in [-0.1, -0.05) is 25.6 Å². The minimum atomic E-state index is -0.255. The number of nitrogens with zero attached hydrogens (tertiary/aromatic N) is 6. The number of hydrogen-bond acceptors (Lipinski definition) is 6. The molecule has 0 saturated carbocycles. The monoisotopic (exact) mass is 415 g/mol. The molecule has 2 aromatic heterocycles. The molecule has 0 aliphatic carbocycles. The molecule has 1 N–H and O–H groups in total. The van der Waals surface area contributed by atoms with Crippen LogP contribution in [0.2, 0.25) is 0 Å². The first-order valence-corrected chi connectivity index (χ1v) is 10.3. The molecule has 154 valence electrons. The van der Waals surface area contributed by atoms with Crippen molar-refractivity contribution in [1.29, 1.82) is 0 Å². The Morgan fingerprint density at radius 3 is 2.62 bits per heavy atom. The van der Waals surface area contributed by atoms with Gasteiger partial charge in [0.2, 0.25) is 5.91 Å². The highest BCUT2D eigenvalue weighted by atomic mass is 32.2. The van der Waals surface area contributed by atoms with Crippen LogP contribution in [0.5, 0.6) is 0 Å². The van der Waals surface area contributed by atoms with Crippen LogP contribution in [0.15, 0.2) is 29.3 Å². The summed E-state index contributed by atoms with van der Waals surface area (Å²) >= 11 is 1.23. The Hall–Kier alpha value is -2.88. The first kappa shape index (κ1) is 20.8. The van der Waals surface area contributed by atoms with E-state index in [4.69, 9.17) is 0 Å². The first-order chi connectivity index (χ1) is 13.7. The van der Waals surface area contributed by atoms with Gasteiger partial charge in [0, 0.05) is 38.6 Å². The lowest BCUT2D eigenvalue weighted by Crippen LogP contribution is -2.33. The molecule has 0 saturated heterocycles. The van der Waals surface area contributed by atoms with Gasteiger partial charge in [0.25, 0.3) is 5.91 Å². The minimum absolute atomic E-state index is 0.0913. The SMILES string of the molecule is Cc1nn(C)cc1N1C(=O)C(=Cc2cnn(C)c2)N=C1SCC(=O)NCC(C)C. The largest absolute Gasteiger partial charge is 0.355 e. The van der Waals surface area contributed by atoms with Crippen LogP contribution in [0.3, 0.4) is 0 Å². The maximum atomic E-state index is 13.1. The number of anilines is 1. The zero-order valence-corrected chi connectivity index (χ0v) is 18.0. The van der Waals surface area contributed by atoms with Gasteiger partial charge in [-0.2, -0.15) is 10.2 Å². The van der Waals surface area contributed by atoms with E-state index in [2.05, 4.69) is 20.5 Å². The van der Waals surface area contributed by atoms with Crippen molar-refractivity contribution in [3.63, 3.8) is 0 Å². The standard InChI is InChI=1S/C19H25N7O2S/c1-12(2)7-20-17(27)11-29-19-22-15(6-14-8-21-24(4)9-14)18(28)26(19)16-10-25(5)23-13(16)3/h6,8-10,12H,7,11H2,1-5H3,(H,20,27). The average molecular weight is 416 g/mol. The van der Waals surface area contributed by atoms with Crippen LogP contribution in [-0.4, -0.2) is 48.8 Å². The van der Waals surface area contributed by atoms with Crippen LogP contribution in [0, 0.1) is 12.8 Å². The summed E-state index contributed by atoms with van der Waals surface area (Å²) < 4.78 is 3.31. The van der Waals surface area contributed by atoms with Gasteiger partial charge in [0.1, 0.15) is 5.70 Å². The van der Waals surface area contributed by atoms with E-state index in [9.17, 15) is 9.59 Å². The summed E-state index contributed by atoms with van der Waals surface area (Å²) in [7, 11) is 3.61. The molecule has 1 aliphatic heterocycles. The molecule has 1 aliphatic rings. The quantitative estimate of drug-likeness (QED) is 0.725. The maximum Gasteiger partial charge on any atom is 0.283 e. The molecule has 0 unspecified atom stereocenters. The Morgan fingerprint density at radius 1 is 1.28 bits per heavy atom. The third-order valence-electron chi connectivity index (χ3n) is 4.13. The van der Waals surface area contributed by atoms with Crippen LogP contribution in [0.4, 0.5) is 5.69 Å². The lowest BCUT2D eigenvalue weighted by atomic mass is 10.2. The number of aromatic nitrogens is 4. The molecule has 10 heteroatoms. The topological polar surface area (TPSA) is 97.4 Å². The fourth-order valence-corrected chi connectivity index (χ4v) is 3.62. The molecule has 0 aromatic carbocycles. The summed E-state index contributed by atoms with van der Waals surface area (Å²) in [5, 5.41) is 11.8. The maximum absolute atomic E-state index is 13.1. The van der Waals surface area contributed by atoms with Gasteiger partial charge >= 0.3 is 0 Å². The Kier molecular flexibility index (Phi) is 6.21. The van der Waals surface area contributed by atoms with Crippen molar-refractivity contribution in [3.8, 4) is 0 Å². The first-order valence-electron chi connectivity index (χ1n) is 9.28. The zero-order valence-electron chi connectivity index (χ0n) is 17.2. The molecular weight excluding hydrogens is 390 g/mol. The molecule has 29 heavy (non-hydrogen) atoms. The van der Waals surface area contributed by atoms with Gasteiger partial charge in [0.05, 0.1) is 23.3 Å². The number of rotatable bonds is 6. The van der Waals surface area contributed by atoms with Gasteiger partial charge in [0.15, 0.2) is 5.17 Å². The summed E-state index contributed by atoms with van der Waals surface area (Å²) in [6.45, 7) is 6.52. The third-order valence-corrected chi connectivity index (χ3v) is 5.06. The van der Waals surface area contributed by atoms with Gasteiger partial charge < -0.3 is 5.32 Å². The van der Waals surface area contributed by atoms with E-state index in [-0.39, 0.29) is 17.6 Å². The van der Waals surface area contributed by atoms with E-state index in [1.165, 1.54) is 16.7 Å². The van der Waals surface area contributed by atoms with E-state index in [0.717, 1.165) is 5.56 Å². The number of hydrogen-bond donors (Lipinski definition) is 1. The molecule has 0 spiro atoms. The summed E-state index contributed by atoms with van der Waals surface area (Å²) in [5.74, 6) is 0.203. The van der Waals surface area contributed by atoms with E-state index in [0.29, 0.717) is 34.7 Å². The highest BCUT2D eigenvalue weighted by molar-refractivity contribution is 8.14. The van der Waals surface area contributed by atoms with Crippen molar-refractivity contribution in [2.75, 3.05) is 17.2 Å². The molecule has 3 rings (SSSR count). The summed E-state index contributed by atoms with van der Waals surface area (Å²) in [5.41, 5.74) is 2.44. The Bertz CT molecular complexity index is 987. The second-order valence-electron chi connectivity index (χ2n) is 7.27. The van der Waals surface area contributed by atoms with Gasteiger partial charge in [-0.05, 0) is 18.9 Å².